The molecule has 0 atom stereocenters. The lowest BCUT2D eigenvalue weighted by Gasteiger charge is -2.25. The van der Waals surface area contributed by atoms with Gasteiger partial charge in [-0.15, -0.1) is 0 Å². The third-order valence-electron chi connectivity index (χ3n) is 8.60. The van der Waals surface area contributed by atoms with E-state index >= 15 is 0 Å². The van der Waals surface area contributed by atoms with E-state index < -0.39 is 0 Å². The fourth-order valence-corrected chi connectivity index (χ4v) is 12.3. The normalized spacial score (nSPS) is 21.1. The molecule has 0 fully saturated rings. The zero-order chi connectivity index (χ0) is 30.2. The predicted molar refractivity (Wildman–Crippen MR) is 227 cm³/mol. The zero-order valence-electron chi connectivity index (χ0n) is 24.0. The summed E-state index contributed by atoms with van der Waals surface area (Å²) in [7, 11) is 4.39. The van der Waals surface area contributed by atoms with Gasteiger partial charge in [0, 0.05) is 68.0 Å². The lowest BCUT2D eigenvalue weighted by molar-refractivity contribution is -0.401. The van der Waals surface area contributed by atoms with Crippen LogP contribution in [0.15, 0.2) is 58.3 Å². The average molecular weight is 1370 g/mol. The van der Waals surface area contributed by atoms with Crippen molar-refractivity contribution in [3.63, 3.8) is 0 Å². The molecule has 0 unspecified atom stereocenters. The second-order valence-corrected chi connectivity index (χ2v) is 18.8. The molecule has 0 N–H and O–H groups in total. The molecule has 2 heterocycles. The van der Waals surface area contributed by atoms with Gasteiger partial charge in [-0.05, 0) is 192 Å². The summed E-state index contributed by atoms with van der Waals surface area (Å²) in [4.78, 5) is 2.37. The van der Waals surface area contributed by atoms with Gasteiger partial charge in [0.25, 0.3) is 0 Å². The summed E-state index contributed by atoms with van der Waals surface area (Å²) in [6.45, 7) is 9.37. The number of likely N-dealkylation sites (N-methyl/N-ethyl adjacent to an activating group) is 1. The van der Waals surface area contributed by atoms with Gasteiger partial charge in [-0.1, -0.05) is 37.6 Å². The average Bonchev–Trinajstić information content (AvgIpc) is 3.21. The molecular formula is C32H30ClI7N2. The van der Waals surface area contributed by atoms with Crippen molar-refractivity contribution in [2.45, 2.75) is 57.8 Å². The van der Waals surface area contributed by atoms with Crippen LogP contribution in [0.25, 0.3) is 0 Å². The number of hydrogen-bond donors (Lipinski definition) is 0. The van der Waals surface area contributed by atoms with Crippen LogP contribution in [0, 0.1) is 21.4 Å². The van der Waals surface area contributed by atoms with Gasteiger partial charge in [-0.2, -0.15) is 4.58 Å². The molecule has 0 saturated carbocycles. The van der Waals surface area contributed by atoms with E-state index in [4.69, 9.17) is 11.6 Å². The van der Waals surface area contributed by atoms with Gasteiger partial charge in [0.2, 0.25) is 5.69 Å². The van der Waals surface area contributed by atoms with Crippen molar-refractivity contribution in [2.24, 2.45) is 0 Å². The van der Waals surface area contributed by atoms with E-state index in [-0.39, 0.29) is 34.8 Å². The molecule has 2 aromatic rings. The standard InChI is InChI=1S/C32H30ClI6N2.HI/c1-31(2)22(40(5)20-14-18(34)27(36)29(38)24(20)31)12-10-16-8-7-9-17(26(16)33)11-13-23-32(3,4)25-21(41(23)6)15-19(35)28(37)30(25)39;/h10-15H,7-9H2,1-6H3;1H/q+1;/p-1. The quantitative estimate of drug-likeness (QED) is 0.170. The lowest BCUT2D eigenvalue weighted by Crippen LogP contribution is -3.00. The van der Waals surface area contributed by atoms with Crippen LogP contribution >= 0.6 is 147 Å². The van der Waals surface area contributed by atoms with Gasteiger partial charge in [0.05, 0.1) is 11.0 Å². The van der Waals surface area contributed by atoms with E-state index in [0.29, 0.717) is 0 Å². The Balaban J connectivity index is 0.00000405. The van der Waals surface area contributed by atoms with Crippen LogP contribution in [-0.2, 0) is 10.8 Å². The maximum absolute atomic E-state index is 7.13. The fraction of sp³-hybridized carbons (Fsp3) is 0.344. The lowest BCUT2D eigenvalue weighted by atomic mass is 9.81. The van der Waals surface area contributed by atoms with Gasteiger partial charge in [-0.25, -0.2) is 0 Å². The first-order valence-electron chi connectivity index (χ1n) is 13.3. The van der Waals surface area contributed by atoms with Gasteiger partial charge >= 0.3 is 0 Å². The Bertz CT molecular complexity index is 1660. The maximum atomic E-state index is 7.13. The summed E-state index contributed by atoms with van der Waals surface area (Å²) >= 11 is 22.1. The number of nitrogens with zero attached hydrogens (tertiary/aromatic N) is 2. The second kappa shape index (κ2) is 14.0. The van der Waals surface area contributed by atoms with E-state index in [0.717, 1.165) is 24.3 Å². The molecule has 0 radical (unpaired) electrons. The largest absolute Gasteiger partial charge is 1.00 e. The van der Waals surface area contributed by atoms with Crippen LogP contribution in [0.1, 0.15) is 58.1 Å². The minimum absolute atomic E-state index is 0. The first-order chi connectivity index (χ1) is 19.1. The van der Waals surface area contributed by atoms with Gasteiger partial charge < -0.3 is 28.9 Å². The van der Waals surface area contributed by atoms with Crippen molar-refractivity contribution in [1.29, 1.82) is 0 Å². The maximum Gasteiger partial charge on any atom is 0.211 e. The first kappa shape index (κ1) is 37.1. The summed E-state index contributed by atoms with van der Waals surface area (Å²) in [6, 6.07) is 4.65. The molecule has 2 aliphatic heterocycles. The summed E-state index contributed by atoms with van der Waals surface area (Å²) in [5.41, 5.74) is 10.4. The number of hydrogen-bond acceptors (Lipinski definition) is 1. The minimum atomic E-state index is -0.0764. The molecule has 224 valence electrons. The molecule has 0 bridgehead atoms. The molecule has 0 saturated heterocycles. The summed E-state index contributed by atoms with van der Waals surface area (Å²) < 4.78 is 10.4. The number of allylic oxidation sites excluding steroid dienone is 8. The van der Waals surface area contributed by atoms with Crippen LogP contribution in [0.4, 0.5) is 11.4 Å². The van der Waals surface area contributed by atoms with Crippen molar-refractivity contribution in [1.82, 2.24) is 0 Å². The highest BCUT2D eigenvalue weighted by Crippen LogP contribution is 2.51. The van der Waals surface area contributed by atoms with Crippen molar-refractivity contribution < 1.29 is 28.6 Å². The molecule has 0 amide bonds. The van der Waals surface area contributed by atoms with Crippen molar-refractivity contribution >= 4 is 164 Å². The highest BCUT2D eigenvalue weighted by molar-refractivity contribution is 14.1. The Morgan fingerprint density at radius 2 is 1.40 bits per heavy atom. The van der Waals surface area contributed by atoms with E-state index in [2.05, 4.69) is 223 Å². The number of rotatable bonds is 3. The Labute approximate surface area is 354 Å². The van der Waals surface area contributed by atoms with Crippen molar-refractivity contribution in [3.8, 4) is 0 Å². The molecule has 2 nitrogen and oxygen atoms in total. The summed E-state index contributed by atoms with van der Waals surface area (Å²) in [5.74, 6) is 0. The molecule has 0 spiro atoms. The third kappa shape index (κ3) is 6.37. The van der Waals surface area contributed by atoms with E-state index in [1.807, 2.05) is 0 Å². The van der Waals surface area contributed by atoms with E-state index in [1.165, 1.54) is 66.5 Å². The van der Waals surface area contributed by atoms with E-state index in [1.54, 1.807) is 0 Å². The molecule has 42 heavy (non-hydrogen) atoms. The molecular weight excluding hydrogens is 1340 g/mol. The van der Waals surface area contributed by atoms with Gasteiger partial charge in [0.15, 0.2) is 5.71 Å². The predicted octanol–water partition coefficient (Wildman–Crippen LogP) is 8.80. The van der Waals surface area contributed by atoms with E-state index in [9.17, 15) is 0 Å². The molecule has 10 heteroatoms. The number of benzene rings is 2. The fourth-order valence-electron chi connectivity index (χ4n) is 6.44. The molecule has 3 aliphatic rings. The summed E-state index contributed by atoms with van der Waals surface area (Å²) in [6.07, 6.45) is 12.3. The Hall–Kier alpha value is 2.27. The highest BCUT2D eigenvalue weighted by Gasteiger charge is 2.45. The Morgan fingerprint density at radius 1 is 0.810 bits per heavy atom. The van der Waals surface area contributed by atoms with Crippen LogP contribution in [-0.4, -0.2) is 24.4 Å². The SMILES string of the molecule is CN1/C(=C\C=C2/CCCC(/C=C/C3=[N+](C)c4cc(I)c(I)c(I)c4C3(C)C)=C2Cl)C(C)(C)c2c1cc(I)c(I)c2I.[I-]. The summed E-state index contributed by atoms with van der Waals surface area (Å²) in [5, 5.41) is 0.911. The monoisotopic (exact) mass is 1370 g/mol. The Kier molecular flexibility index (Phi) is 12.4. The minimum Gasteiger partial charge on any atom is -1.00 e. The highest BCUT2D eigenvalue weighted by atomic mass is 127. The molecule has 1 aliphatic carbocycles. The zero-order valence-corrected chi connectivity index (χ0v) is 39.9. The van der Waals surface area contributed by atoms with Crippen LogP contribution < -0.4 is 28.9 Å². The van der Waals surface area contributed by atoms with Crippen molar-refractivity contribution in [2.75, 3.05) is 19.0 Å². The van der Waals surface area contributed by atoms with Crippen molar-refractivity contribution in [3.05, 3.63) is 90.9 Å². The number of halogens is 8. The van der Waals surface area contributed by atoms with Gasteiger partial charge in [0.1, 0.15) is 7.05 Å². The smallest absolute Gasteiger partial charge is 0.211 e. The first-order valence-corrected chi connectivity index (χ1v) is 20.1. The molecule has 2 aromatic carbocycles. The van der Waals surface area contributed by atoms with Crippen LogP contribution in [0.3, 0.4) is 0 Å². The third-order valence-corrected chi connectivity index (χ3v) is 19.3. The second-order valence-electron chi connectivity index (χ2n) is 11.8. The number of fused-ring (bicyclic) bond motifs is 2. The molecule has 0 aromatic heterocycles. The topological polar surface area (TPSA) is 6.25 Å². The Morgan fingerprint density at radius 3 is 2.05 bits per heavy atom. The van der Waals surface area contributed by atoms with Gasteiger partial charge in [-0.3, -0.25) is 0 Å². The number of anilines is 1. The van der Waals surface area contributed by atoms with Crippen LogP contribution in [0.5, 0.6) is 0 Å². The molecule has 5 rings (SSSR count). The van der Waals surface area contributed by atoms with Crippen LogP contribution in [0.2, 0.25) is 0 Å².